The summed E-state index contributed by atoms with van der Waals surface area (Å²) in [4.78, 5) is 10.3. The molecule has 6 nitrogen and oxygen atoms in total. The van der Waals surface area contributed by atoms with Crippen LogP contribution in [0.4, 0.5) is 0 Å². The van der Waals surface area contributed by atoms with Crippen molar-refractivity contribution in [1.82, 2.24) is 0 Å². The third-order valence-corrected chi connectivity index (χ3v) is 3.24. The van der Waals surface area contributed by atoms with Gasteiger partial charge in [-0.3, -0.25) is 4.79 Å². The van der Waals surface area contributed by atoms with Gasteiger partial charge in [0.15, 0.2) is 13.6 Å². The highest BCUT2D eigenvalue weighted by atomic mass is 16.7. The minimum Gasteiger partial charge on any atom is -0.468 e. The fraction of sp³-hybridized carbons (Fsp3) is 0.316. The fourth-order valence-electron chi connectivity index (χ4n) is 1.98. The van der Waals surface area contributed by atoms with Gasteiger partial charge in [0.1, 0.15) is 23.9 Å². The molecule has 1 atom stereocenters. The molecule has 0 aromatic heterocycles. The summed E-state index contributed by atoms with van der Waals surface area (Å²) in [6, 6.07) is 14.8. The van der Waals surface area contributed by atoms with Crippen molar-refractivity contribution < 1.29 is 28.5 Å². The fourth-order valence-corrected chi connectivity index (χ4v) is 1.98. The lowest BCUT2D eigenvalue weighted by Gasteiger charge is -2.05. The molecule has 0 amide bonds. The van der Waals surface area contributed by atoms with Crippen LogP contribution in [0.2, 0.25) is 0 Å². The van der Waals surface area contributed by atoms with Gasteiger partial charge in [-0.25, -0.2) is 0 Å². The van der Waals surface area contributed by atoms with E-state index in [1.165, 1.54) is 5.56 Å². The average molecular weight is 346 g/mol. The number of benzene rings is 2. The molecule has 1 fully saturated rings. The number of epoxide rings is 1. The first kappa shape index (κ1) is 18.9. The molecule has 1 aliphatic rings. The maximum Gasteiger partial charge on any atom is 0.188 e. The Morgan fingerprint density at radius 1 is 1.00 bits per heavy atom. The summed E-state index contributed by atoms with van der Waals surface area (Å²) in [5.74, 6) is 1.47. The van der Waals surface area contributed by atoms with Crippen LogP contribution < -0.4 is 9.47 Å². The van der Waals surface area contributed by atoms with E-state index in [1.54, 1.807) is 38.5 Å². The molecule has 1 saturated heterocycles. The second-order valence-corrected chi connectivity index (χ2v) is 5.19. The topological polar surface area (TPSA) is 66.5 Å². The maximum atomic E-state index is 10.3. The Morgan fingerprint density at radius 2 is 1.60 bits per heavy atom. The van der Waals surface area contributed by atoms with Gasteiger partial charge in [-0.2, -0.15) is 0 Å². The summed E-state index contributed by atoms with van der Waals surface area (Å²) in [5.41, 5.74) is 1.78. The average Bonchev–Trinajstić information content (AvgIpc) is 3.51. The second-order valence-electron chi connectivity index (χ2n) is 5.19. The van der Waals surface area contributed by atoms with Gasteiger partial charge in [0.2, 0.25) is 0 Å². The minimum atomic E-state index is 0.197. The van der Waals surface area contributed by atoms with Crippen molar-refractivity contribution in [2.24, 2.45) is 0 Å². The number of carbonyl (C=O) groups excluding carboxylic acids is 1. The number of rotatable bonds is 8. The van der Waals surface area contributed by atoms with E-state index >= 15 is 0 Å². The number of ether oxygens (including phenoxy) is 5. The molecule has 0 saturated carbocycles. The van der Waals surface area contributed by atoms with E-state index in [0.717, 1.165) is 18.6 Å². The first-order valence-electron chi connectivity index (χ1n) is 7.77. The van der Waals surface area contributed by atoms with Gasteiger partial charge in [0, 0.05) is 19.8 Å². The SMILES string of the molecule is COCOc1cccc(C2CO2)c1.COCOc1cccc(C=O)c1. The zero-order valence-electron chi connectivity index (χ0n) is 14.3. The van der Waals surface area contributed by atoms with Crippen molar-refractivity contribution in [2.75, 3.05) is 34.4 Å². The van der Waals surface area contributed by atoms with Crippen molar-refractivity contribution in [3.63, 3.8) is 0 Å². The second kappa shape index (κ2) is 10.5. The highest BCUT2D eigenvalue weighted by Crippen LogP contribution is 2.31. The van der Waals surface area contributed by atoms with E-state index in [2.05, 4.69) is 0 Å². The van der Waals surface area contributed by atoms with Crippen LogP contribution in [0.15, 0.2) is 48.5 Å². The summed E-state index contributed by atoms with van der Waals surface area (Å²) in [6.07, 6.45) is 1.06. The number of aldehydes is 1. The van der Waals surface area contributed by atoms with Crippen LogP contribution in [0.1, 0.15) is 22.0 Å². The Morgan fingerprint density at radius 3 is 2.16 bits per heavy atom. The molecule has 1 unspecified atom stereocenters. The van der Waals surface area contributed by atoms with Gasteiger partial charge in [-0.05, 0) is 29.8 Å². The Hall–Kier alpha value is -2.41. The van der Waals surface area contributed by atoms with Gasteiger partial charge >= 0.3 is 0 Å². The number of methoxy groups -OCH3 is 2. The molecule has 6 heteroatoms. The third kappa shape index (κ3) is 6.93. The summed E-state index contributed by atoms with van der Waals surface area (Å²) in [5, 5.41) is 0. The molecule has 3 rings (SSSR count). The minimum absolute atomic E-state index is 0.197. The lowest BCUT2D eigenvalue weighted by atomic mass is 10.1. The Balaban J connectivity index is 0.000000181. The molecule has 0 N–H and O–H groups in total. The quantitative estimate of drug-likeness (QED) is 0.415. The summed E-state index contributed by atoms with van der Waals surface area (Å²) >= 11 is 0. The van der Waals surface area contributed by atoms with Crippen LogP contribution in [0.3, 0.4) is 0 Å². The van der Waals surface area contributed by atoms with E-state index in [-0.39, 0.29) is 19.7 Å². The van der Waals surface area contributed by atoms with Crippen molar-refractivity contribution in [2.45, 2.75) is 6.10 Å². The van der Waals surface area contributed by atoms with Gasteiger partial charge in [-0.1, -0.05) is 24.3 Å². The largest absolute Gasteiger partial charge is 0.468 e. The third-order valence-electron chi connectivity index (χ3n) is 3.24. The van der Waals surface area contributed by atoms with Crippen molar-refractivity contribution >= 4 is 6.29 Å². The maximum absolute atomic E-state index is 10.3. The van der Waals surface area contributed by atoms with Crippen LogP contribution in [-0.4, -0.2) is 40.7 Å². The lowest BCUT2D eigenvalue weighted by Crippen LogP contribution is -1.98. The first-order valence-corrected chi connectivity index (χ1v) is 7.77. The van der Waals surface area contributed by atoms with Crippen LogP contribution in [0, 0.1) is 0 Å². The van der Waals surface area contributed by atoms with E-state index in [0.29, 0.717) is 11.3 Å². The molecule has 1 heterocycles. The number of hydrogen-bond donors (Lipinski definition) is 0. The smallest absolute Gasteiger partial charge is 0.188 e. The Bertz CT molecular complexity index is 654. The van der Waals surface area contributed by atoms with Crippen molar-refractivity contribution in [3.8, 4) is 11.5 Å². The summed E-state index contributed by atoms with van der Waals surface area (Å²) in [7, 11) is 3.15. The van der Waals surface area contributed by atoms with Gasteiger partial charge in [-0.15, -0.1) is 0 Å². The van der Waals surface area contributed by atoms with Crippen LogP contribution in [-0.2, 0) is 14.2 Å². The molecule has 2 aromatic rings. The number of hydrogen-bond acceptors (Lipinski definition) is 6. The molecule has 0 spiro atoms. The summed E-state index contributed by atoms with van der Waals surface area (Å²) < 4.78 is 25.1. The monoisotopic (exact) mass is 346 g/mol. The lowest BCUT2D eigenvalue weighted by molar-refractivity contribution is 0.0509. The molecule has 134 valence electrons. The van der Waals surface area contributed by atoms with Crippen LogP contribution >= 0.6 is 0 Å². The van der Waals surface area contributed by atoms with E-state index in [4.69, 9.17) is 23.7 Å². The zero-order chi connectivity index (χ0) is 17.9. The van der Waals surface area contributed by atoms with Crippen LogP contribution in [0.25, 0.3) is 0 Å². The first-order chi connectivity index (χ1) is 12.3. The normalized spacial score (nSPS) is 14.9. The Kier molecular flexibility index (Phi) is 7.91. The molecule has 25 heavy (non-hydrogen) atoms. The summed E-state index contributed by atoms with van der Waals surface area (Å²) in [6.45, 7) is 1.31. The van der Waals surface area contributed by atoms with Crippen LogP contribution in [0.5, 0.6) is 11.5 Å². The molecular formula is C19H22O6. The highest BCUT2D eigenvalue weighted by Gasteiger charge is 2.24. The van der Waals surface area contributed by atoms with E-state index in [1.807, 2.05) is 24.3 Å². The van der Waals surface area contributed by atoms with E-state index < -0.39 is 0 Å². The molecule has 0 aliphatic carbocycles. The molecule has 0 bridgehead atoms. The standard InChI is InChI=1S/C10H12O3.C9H10O3/c1-11-7-13-9-4-2-3-8(5-9)10-6-12-10;1-11-7-12-9-4-2-3-8(5-9)6-10/h2-5,10H,6-7H2,1H3;2-6H,7H2,1H3. The Labute approximate surface area is 147 Å². The molecule has 2 aromatic carbocycles. The highest BCUT2D eigenvalue weighted by molar-refractivity contribution is 5.75. The van der Waals surface area contributed by atoms with E-state index in [9.17, 15) is 4.79 Å². The van der Waals surface area contributed by atoms with Crippen molar-refractivity contribution in [1.29, 1.82) is 0 Å². The van der Waals surface area contributed by atoms with Gasteiger partial charge in [0.05, 0.1) is 6.61 Å². The van der Waals surface area contributed by atoms with Gasteiger partial charge in [0.25, 0.3) is 0 Å². The number of carbonyl (C=O) groups is 1. The molecule has 1 aliphatic heterocycles. The molecular weight excluding hydrogens is 324 g/mol. The predicted octanol–water partition coefficient (Wildman–Crippen LogP) is 3.22. The predicted molar refractivity (Wildman–Crippen MR) is 92.0 cm³/mol. The van der Waals surface area contributed by atoms with Crippen molar-refractivity contribution in [3.05, 3.63) is 59.7 Å². The molecule has 0 radical (unpaired) electrons. The zero-order valence-corrected chi connectivity index (χ0v) is 14.3. The van der Waals surface area contributed by atoms with Gasteiger partial charge < -0.3 is 23.7 Å².